The van der Waals surface area contributed by atoms with Gasteiger partial charge < -0.3 is 24.0 Å². The lowest BCUT2D eigenvalue weighted by atomic mass is 10.0. The first kappa shape index (κ1) is 33.8. The van der Waals surface area contributed by atoms with Crippen LogP contribution < -0.4 is 14.2 Å². The van der Waals surface area contributed by atoms with Crippen molar-refractivity contribution in [1.82, 2.24) is 9.80 Å². The predicted octanol–water partition coefficient (Wildman–Crippen LogP) is 4.93. The van der Waals surface area contributed by atoms with E-state index in [4.69, 9.17) is 14.2 Å². The minimum atomic E-state index is -0.515. The normalized spacial score (nSPS) is 11.6. The number of hydrogen-bond donors (Lipinski definition) is 0. The largest absolute Gasteiger partial charge is 0.426 e. The maximum atomic E-state index is 11.2. The number of aryl methyl sites for hydroxylation is 1. The van der Waals surface area contributed by atoms with Crippen molar-refractivity contribution in [3.05, 3.63) is 53.1 Å². The molecule has 0 aliphatic heterocycles. The average molecular weight is 557 g/mol. The molecule has 2 aromatic rings. The summed E-state index contributed by atoms with van der Waals surface area (Å²) >= 11 is 0. The van der Waals surface area contributed by atoms with Crippen molar-refractivity contribution in [3.8, 4) is 17.2 Å². The van der Waals surface area contributed by atoms with Crippen molar-refractivity contribution in [2.75, 3.05) is 13.1 Å². The molecular weight excluding hydrogens is 516 g/mol. The Kier molecular flexibility index (Phi) is 14.1. The summed E-state index contributed by atoms with van der Waals surface area (Å²) in [5.74, 6) is -0.477. The van der Waals surface area contributed by atoms with Gasteiger partial charge >= 0.3 is 17.9 Å². The number of benzene rings is 2. The van der Waals surface area contributed by atoms with Crippen LogP contribution in [-0.2, 0) is 24.0 Å². The van der Waals surface area contributed by atoms with E-state index in [2.05, 4.69) is 0 Å². The molecule has 0 aliphatic rings. The summed E-state index contributed by atoms with van der Waals surface area (Å²) in [4.78, 5) is 58.7. The zero-order valence-corrected chi connectivity index (χ0v) is 24.6. The molecule has 2 rings (SSSR count). The molecule has 2 aromatic carbocycles. The van der Waals surface area contributed by atoms with Crippen molar-refractivity contribution in [2.24, 2.45) is 0 Å². The van der Waals surface area contributed by atoms with E-state index in [1.807, 2.05) is 52.8 Å². The summed E-state index contributed by atoms with van der Waals surface area (Å²) in [6.45, 7) is 14.8. The van der Waals surface area contributed by atoms with E-state index in [0.29, 0.717) is 18.8 Å². The standard InChI is InChI=1S/C16H21NO5.C14H19NO3/c1-5-8-17(10-18)11(2)14-6-7-15(21-12(3)19)16(9-14)22-13(4)20;1-5-15(9-16)11(3)13-7-6-10(2)14(8-13)18-12(4)17/h6-7,9-11H,5,8H2,1-4H3;6-9,11H,5H2,1-4H3. The molecule has 10 nitrogen and oxygen atoms in total. The molecule has 0 radical (unpaired) electrons. The highest BCUT2D eigenvalue weighted by Gasteiger charge is 2.18. The predicted molar refractivity (Wildman–Crippen MR) is 150 cm³/mol. The van der Waals surface area contributed by atoms with Crippen LogP contribution in [0.2, 0.25) is 0 Å². The van der Waals surface area contributed by atoms with Gasteiger partial charge in [0.25, 0.3) is 0 Å². The molecule has 0 aliphatic carbocycles. The molecule has 0 heterocycles. The van der Waals surface area contributed by atoms with Gasteiger partial charge in [0.2, 0.25) is 12.8 Å². The third-order valence-corrected chi connectivity index (χ3v) is 6.02. The van der Waals surface area contributed by atoms with Gasteiger partial charge in [-0.2, -0.15) is 0 Å². The summed E-state index contributed by atoms with van der Waals surface area (Å²) in [5, 5.41) is 0. The van der Waals surface area contributed by atoms with Crippen LogP contribution in [0.25, 0.3) is 0 Å². The molecule has 2 amide bonds. The fraction of sp³-hybridized carbons (Fsp3) is 0.433. The van der Waals surface area contributed by atoms with Gasteiger partial charge in [-0.1, -0.05) is 25.1 Å². The van der Waals surface area contributed by atoms with Crippen LogP contribution in [0.5, 0.6) is 17.2 Å². The average Bonchev–Trinajstić information content (AvgIpc) is 2.89. The summed E-state index contributed by atoms with van der Waals surface area (Å²) < 4.78 is 15.2. The van der Waals surface area contributed by atoms with Gasteiger partial charge in [-0.05, 0) is 69.0 Å². The summed E-state index contributed by atoms with van der Waals surface area (Å²) in [5.41, 5.74) is 2.63. The van der Waals surface area contributed by atoms with E-state index in [-0.39, 0.29) is 29.6 Å². The highest BCUT2D eigenvalue weighted by atomic mass is 16.6. The second-order valence-corrected chi connectivity index (χ2v) is 9.14. The second kappa shape index (κ2) is 16.7. The van der Waals surface area contributed by atoms with E-state index in [0.717, 1.165) is 35.9 Å². The molecule has 218 valence electrons. The number of hydrogen-bond acceptors (Lipinski definition) is 8. The Morgan fingerprint density at radius 3 is 1.65 bits per heavy atom. The minimum absolute atomic E-state index is 0.0394. The van der Waals surface area contributed by atoms with Crippen LogP contribution in [0.1, 0.15) is 83.7 Å². The van der Waals surface area contributed by atoms with Gasteiger partial charge in [0.05, 0.1) is 12.1 Å². The zero-order chi connectivity index (χ0) is 30.4. The first-order valence-electron chi connectivity index (χ1n) is 13.1. The van der Waals surface area contributed by atoms with Crippen molar-refractivity contribution in [2.45, 2.75) is 73.9 Å². The Morgan fingerprint density at radius 2 is 1.18 bits per heavy atom. The number of carbonyl (C=O) groups excluding carboxylic acids is 5. The monoisotopic (exact) mass is 556 g/mol. The molecule has 40 heavy (non-hydrogen) atoms. The van der Waals surface area contributed by atoms with E-state index < -0.39 is 11.9 Å². The van der Waals surface area contributed by atoms with Crippen molar-refractivity contribution in [3.63, 3.8) is 0 Å². The van der Waals surface area contributed by atoms with Crippen molar-refractivity contribution >= 4 is 30.7 Å². The number of rotatable bonds is 12. The lowest BCUT2D eigenvalue weighted by molar-refractivity contribution is -0.134. The minimum Gasteiger partial charge on any atom is -0.426 e. The quantitative estimate of drug-likeness (QED) is 0.205. The van der Waals surface area contributed by atoms with E-state index in [1.165, 1.54) is 20.8 Å². The van der Waals surface area contributed by atoms with Crippen LogP contribution in [0.3, 0.4) is 0 Å². The van der Waals surface area contributed by atoms with Gasteiger partial charge in [-0.3, -0.25) is 24.0 Å². The topological polar surface area (TPSA) is 120 Å². The maximum Gasteiger partial charge on any atom is 0.308 e. The zero-order valence-electron chi connectivity index (χ0n) is 24.6. The maximum absolute atomic E-state index is 11.2. The van der Waals surface area contributed by atoms with E-state index in [9.17, 15) is 24.0 Å². The number of nitrogens with zero attached hydrogens (tertiary/aromatic N) is 2. The molecule has 2 unspecified atom stereocenters. The summed E-state index contributed by atoms with van der Waals surface area (Å²) in [6, 6.07) is 10.3. The fourth-order valence-electron chi connectivity index (χ4n) is 3.82. The van der Waals surface area contributed by atoms with Crippen LogP contribution in [0.15, 0.2) is 36.4 Å². The molecule has 0 aromatic heterocycles. The number of amides is 2. The molecule has 0 saturated carbocycles. The Bertz CT molecular complexity index is 1180. The molecule has 0 saturated heterocycles. The van der Waals surface area contributed by atoms with Crippen molar-refractivity contribution in [1.29, 1.82) is 0 Å². The molecular formula is C30H40N2O8. The van der Waals surface area contributed by atoms with Crippen LogP contribution >= 0.6 is 0 Å². The Balaban J connectivity index is 0.000000408. The summed E-state index contributed by atoms with van der Waals surface area (Å²) in [7, 11) is 0. The third-order valence-electron chi connectivity index (χ3n) is 6.02. The van der Waals surface area contributed by atoms with Crippen LogP contribution in [0.4, 0.5) is 0 Å². The number of carbonyl (C=O) groups is 5. The first-order valence-corrected chi connectivity index (χ1v) is 13.1. The van der Waals surface area contributed by atoms with E-state index in [1.54, 1.807) is 28.0 Å². The van der Waals surface area contributed by atoms with Crippen LogP contribution in [-0.4, -0.2) is 53.6 Å². The Labute approximate surface area is 236 Å². The SMILES string of the molecule is CCCN(C=O)C(C)c1ccc(OC(C)=O)c(OC(C)=O)c1.CCN(C=O)C(C)c1ccc(C)c(OC(C)=O)c1. The van der Waals surface area contributed by atoms with Gasteiger partial charge in [-0.15, -0.1) is 0 Å². The summed E-state index contributed by atoms with van der Waals surface area (Å²) in [6.07, 6.45) is 2.46. The number of esters is 3. The smallest absolute Gasteiger partial charge is 0.308 e. The Hall–Kier alpha value is -4.21. The fourth-order valence-corrected chi connectivity index (χ4v) is 3.82. The molecule has 0 bridgehead atoms. The van der Waals surface area contributed by atoms with E-state index >= 15 is 0 Å². The molecule has 10 heteroatoms. The number of ether oxygens (including phenoxy) is 3. The Morgan fingerprint density at radius 1 is 0.725 bits per heavy atom. The lowest BCUT2D eigenvalue weighted by Gasteiger charge is -2.25. The molecule has 2 atom stereocenters. The van der Waals surface area contributed by atoms with Gasteiger partial charge in [-0.25, -0.2) is 0 Å². The molecule has 0 fully saturated rings. The lowest BCUT2D eigenvalue weighted by Crippen LogP contribution is -2.26. The van der Waals surface area contributed by atoms with Crippen molar-refractivity contribution < 1.29 is 38.2 Å². The molecule has 0 N–H and O–H groups in total. The van der Waals surface area contributed by atoms with Gasteiger partial charge in [0.1, 0.15) is 5.75 Å². The first-order chi connectivity index (χ1) is 18.9. The van der Waals surface area contributed by atoms with Crippen LogP contribution in [0, 0.1) is 6.92 Å². The second-order valence-electron chi connectivity index (χ2n) is 9.14. The highest BCUT2D eigenvalue weighted by molar-refractivity contribution is 5.74. The van der Waals surface area contributed by atoms with Gasteiger partial charge in [0, 0.05) is 33.9 Å². The third kappa shape index (κ3) is 10.5. The molecule has 0 spiro atoms. The highest BCUT2D eigenvalue weighted by Crippen LogP contribution is 2.32. The van der Waals surface area contributed by atoms with Gasteiger partial charge in [0.15, 0.2) is 11.5 Å².